The van der Waals surface area contributed by atoms with Gasteiger partial charge in [-0.05, 0) is 30.3 Å². The quantitative estimate of drug-likeness (QED) is 0.339. The Hall–Kier alpha value is -3.55. The van der Waals surface area contributed by atoms with Gasteiger partial charge in [0.05, 0.1) is 31.7 Å². The van der Waals surface area contributed by atoms with Crippen molar-refractivity contribution >= 4 is 23.8 Å². The summed E-state index contributed by atoms with van der Waals surface area (Å²) in [6, 6.07) is 9.50. The van der Waals surface area contributed by atoms with Gasteiger partial charge in [-0.2, -0.15) is 5.10 Å². The van der Waals surface area contributed by atoms with Crippen LogP contribution in [0.15, 0.2) is 41.5 Å². The molecule has 2 rings (SSSR count). The van der Waals surface area contributed by atoms with Crippen LogP contribution < -0.4 is 19.6 Å². The number of ether oxygens (including phenoxy) is 3. The molecule has 0 bridgehead atoms. The van der Waals surface area contributed by atoms with Crippen LogP contribution in [0.2, 0.25) is 0 Å². The van der Waals surface area contributed by atoms with Crippen LogP contribution in [0.1, 0.15) is 22.8 Å². The predicted molar refractivity (Wildman–Crippen MR) is 95.5 cm³/mol. The molecule has 0 saturated heterocycles. The van der Waals surface area contributed by atoms with E-state index in [4.69, 9.17) is 19.3 Å². The van der Waals surface area contributed by atoms with Gasteiger partial charge < -0.3 is 19.3 Å². The van der Waals surface area contributed by atoms with Crippen LogP contribution >= 0.6 is 0 Å². The normalized spacial score (nSPS) is 10.4. The molecule has 2 aromatic rings. The molecule has 0 amide bonds. The molecular weight excluding hydrogens is 340 g/mol. The van der Waals surface area contributed by atoms with Crippen LogP contribution in [-0.4, -0.2) is 37.5 Å². The summed E-state index contributed by atoms with van der Waals surface area (Å²) in [6.07, 6.45) is 1.50. The molecule has 0 heterocycles. The molecule has 0 aliphatic heterocycles. The fraction of sp³-hybridized carbons (Fsp3) is 0.167. The lowest BCUT2D eigenvalue weighted by atomic mass is 10.2. The first-order valence-electron chi connectivity index (χ1n) is 7.51. The molecule has 0 unspecified atom stereocenters. The minimum Gasteiger partial charge on any atom is -0.493 e. The molecule has 8 nitrogen and oxygen atoms in total. The van der Waals surface area contributed by atoms with Crippen LogP contribution in [0.5, 0.6) is 17.2 Å². The van der Waals surface area contributed by atoms with Gasteiger partial charge in [0.15, 0.2) is 11.5 Å². The van der Waals surface area contributed by atoms with E-state index in [1.807, 2.05) is 0 Å². The second kappa shape index (κ2) is 8.52. The summed E-state index contributed by atoms with van der Waals surface area (Å²) < 4.78 is 15.6. The van der Waals surface area contributed by atoms with Crippen LogP contribution in [0.25, 0.3) is 0 Å². The number of aromatic carboxylic acids is 1. The van der Waals surface area contributed by atoms with Crippen molar-refractivity contribution in [2.45, 2.75) is 6.92 Å². The van der Waals surface area contributed by atoms with E-state index in [-0.39, 0.29) is 11.3 Å². The van der Waals surface area contributed by atoms with E-state index in [9.17, 15) is 9.59 Å². The van der Waals surface area contributed by atoms with Crippen LogP contribution in [0.3, 0.4) is 0 Å². The molecule has 0 aliphatic carbocycles. The van der Waals surface area contributed by atoms with Crippen molar-refractivity contribution in [3.8, 4) is 17.2 Å². The summed E-state index contributed by atoms with van der Waals surface area (Å²) >= 11 is 0. The molecule has 0 radical (unpaired) electrons. The number of carbonyl (C=O) groups is 2. The van der Waals surface area contributed by atoms with Gasteiger partial charge in [0.2, 0.25) is 5.75 Å². The van der Waals surface area contributed by atoms with Gasteiger partial charge in [-0.15, -0.1) is 0 Å². The Morgan fingerprint density at radius 1 is 1.12 bits per heavy atom. The fourth-order valence-corrected chi connectivity index (χ4v) is 2.12. The Morgan fingerprint density at radius 3 is 2.31 bits per heavy atom. The van der Waals surface area contributed by atoms with Gasteiger partial charge in [0.25, 0.3) is 0 Å². The number of hydrogen-bond acceptors (Lipinski definition) is 7. The van der Waals surface area contributed by atoms with E-state index in [1.165, 1.54) is 39.5 Å². The molecule has 0 spiro atoms. The molecule has 8 heteroatoms. The Morgan fingerprint density at radius 2 is 1.77 bits per heavy atom. The maximum atomic E-state index is 11.2. The van der Waals surface area contributed by atoms with E-state index < -0.39 is 11.9 Å². The summed E-state index contributed by atoms with van der Waals surface area (Å²) in [4.78, 5) is 22.2. The first-order chi connectivity index (χ1) is 12.4. The highest BCUT2D eigenvalue weighted by atomic mass is 16.6. The lowest BCUT2D eigenvalue weighted by molar-refractivity contribution is -0.132. The van der Waals surface area contributed by atoms with Crippen LogP contribution in [0.4, 0.5) is 5.69 Å². The van der Waals surface area contributed by atoms with Crippen molar-refractivity contribution < 1.29 is 28.9 Å². The molecule has 0 aromatic heterocycles. The van der Waals surface area contributed by atoms with Crippen molar-refractivity contribution in [2.75, 3.05) is 19.6 Å². The van der Waals surface area contributed by atoms with Crippen molar-refractivity contribution in [1.82, 2.24) is 0 Å². The minimum absolute atomic E-state index is 0.152. The standard InChI is InChI=1S/C18H18N2O6/c1-11(21)26-17-15(24-2)7-12(8-16(17)25-3)10-19-20-14-6-4-5-13(9-14)18(22)23/h4-10,20H,1-3H3,(H,22,23)/b19-10-. The highest BCUT2D eigenvalue weighted by Gasteiger charge is 2.15. The molecular formula is C18H18N2O6. The average Bonchev–Trinajstić information content (AvgIpc) is 2.62. The third kappa shape index (κ3) is 4.73. The number of hydrazone groups is 1. The van der Waals surface area contributed by atoms with Crippen molar-refractivity contribution in [2.24, 2.45) is 5.10 Å². The zero-order valence-corrected chi connectivity index (χ0v) is 14.5. The van der Waals surface area contributed by atoms with Gasteiger partial charge in [-0.1, -0.05) is 6.07 Å². The minimum atomic E-state index is -1.02. The second-order valence-electron chi connectivity index (χ2n) is 5.10. The average molecular weight is 358 g/mol. The van der Waals surface area contributed by atoms with Crippen molar-refractivity contribution in [1.29, 1.82) is 0 Å². The van der Waals surface area contributed by atoms with E-state index in [2.05, 4.69) is 10.5 Å². The number of carboxylic acid groups (broad SMARTS) is 1. The van der Waals surface area contributed by atoms with E-state index in [0.717, 1.165) is 0 Å². The number of nitrogens with one attached hydrogen (secondary N) is 1. The first-order valence-corrected chi connectivity index (χ1v) is 7.51. The third-order valence-electron chi connectivity index (χ3n) is 3.25. The second-order valence-corrected chi connectivity index (χ2v) is 5.10. The number of carboxylic acids is 1. The smallest absolute Gasteiger partial charge is 0.335 e. The number of esters is 1. The van der Waals surface area contributed by atoms with Gasteiger partial charge in [-0.3, -0.25) is 10.2 Å². The largest absolute Gasteiger partial charge is 0.493 e. The van der Waals surface area contributed by atoms with E-state index in [1.54, 1.807) is 24.3 Å². The maximum absolute atomic E-state index is 11.2. The first kappa shape index (κ1) is 18.8. The Labute approximate surface area is 150 Å². The topological polar surface area (TPSA) is 106 Å². The maximum Gasteiger partial charge on any atom is 0.335 e. The number of methoxy groups -OCH3 is 2. The lowest BCUT2D eigenvalue weighted by Gasteiger charge is -2.13. The molecule has 26 heavy (non-hydrogen) atoms. The fourth-order valence-electron chi connectivity index (χ4n) is 2.12. The molecule has 2 N–H and O–H groups in total. The predicted octanol–water partition coefficient (Wildman–Crippen LogP) is 2.77. The van der Waals surface area contributed by atoms with Gasteiger partial charge in [0, 0.05) is 12.5 Å². The van der Waals surface area contributed by atoms with Gasteiger partial charge >= 0.3 is 11.9 Å². The summed E-state index contributed by atoms with van der Waals surface area (Å²) in [6.45, 7) is 1.28. The lowest BCUT2D eigenvalue weighted by Crippen LogP contribution is -2.05. The molecule has 0 atom stereocenters. The number of nitrogens with zero attached hydrogens (tertiary/aromatic N) is 1. The van der Waals surface area contributed by atoms with Crippen LogP contribution in [-0.2, 0) is 4.79 Å². The Kier molecular flexibility index (Phi) is 6.15. The molecule has 0 saturated carbocycles. The van der Waals surface area contributed by atoms with Gasteiger partial charge in [0.1, 0.15) is 0 Å². The number of benzene rings is 2. The number of carbonyl (C=O) groups excluding carboxylic acids is 1. The summed E-state index contributed by atoms with van der Waals surface area (Å²) in [5.41, 5.74) is 4.05. The molecule has 2 aromatic carbocycles. The number of anilines is 1. The monoisotopic (exact) mass is 358 g/mol. The zero-order valence-electron chi connectivity index (χ0n) is 14.5. The SMILES string of the molecule is COc1cc(/C=N\Nc2cccc(C(=O)O)c2)cc(OC)c1OC(C)=O. The highest BCUT2D eigenvalue weighted by molar-refractivity contribution is 5.89. The molecule has 0 aliphatic rings. The number of hydrogen-bond donors (Lipinski definition) is 2. The highest BCUT2D eigenvalue weighted by Crippen LogP contribution is 2.38. The van der Waals surface area contributed by atoms with E-state index in [0.29, 0.717) is 22.7 Å². The molecule has 136 valence electrons. The van der Waals surface area contributed by atoms with Crippen LogP contribution in [0, 0.1) is 0 Å². The summed E-state index contributed by atoms with van der Waals surface area (Å²) in [7, 11) is 2.89. The molecule has 0 fully saturated rings. The number of rotatable bonds is 7. The Balaban J connectivity index is 2.23. The zero-order chi connectivity index (χ0) is 19.1. The summed E-state index contributed by atoms with van der Waals surface area (Å²) in [5, 5.41) is 13.1. The summed E-state index contributed by atoms with van der Waals surface area (Å²) in [5.74, 6) is -0.708. The van der Waals surface area contributed by atoms with Crippen molar-refractivity contribution in [3.63, 3.8) is 0 Å². The van der Waals surface area contributed by atoms with Crippen molar-refractivity contribution in [3.05, 3.63) is 47.5 Å². The third-order valence-corrected chi connectivity index (χ3v) is 3.25. The Bertz CT molecular complexity index is 822. The van der Waals surface area contributed by atoms with Gasteiger partial charge in [-0.25, -0.2) is 4.79 Å². The van der Waals surface area contributed by atoms with E-state index >= 15 is 0 Å².